The first-order valence-electron chi connectivity index (χ1n) is 3.40. The molecule has 1 aromatic carbocycles. The minimum atomic E-state index is 0.0382. The van der Waals surface area contributed by atoms with Crippen LogP contribution in [0.5, 0.6) is 0 Å². The summed E-state index contributed by atoms with van der Waals surface area (Å²) in [4.78, 5) is 0. The van der Waals surface area contributed by atoms with Crippen molar-refractivity contribution in [2.24, 2.45) is 0 Å². The van der Waals surface area contributed by atoms with Gasteiger partial charge >= 0.3 is 0 Å². The highest BCUT2D eigenvalue weighted by Crippen LogP contribution is 2.01. The van der Waals surface area contributed by atoms with Crippen LogP contribution in [0.2, 0.25) is 0 Å². The van der Waals surface area contributed by atoms with Gasteiger partial charge in [-0.15, -0.1) is 0 Å². The smallest absolute Gasteiger partial charge is 0.192 e. The van der Waals surface area contributed by atoms with Crippen LogP contribution in [-0.4, -0.2) is 11.7 Å². The maximum atomic E-state index is 10.4. The van der Waals surface area contributed by atoms with Gasteiger partial charge < -0.3 is 5.11 Å². The Labute approximate surface area is 67.1 Å². The van der Waals surface area contributed by atoms with Gasteiger partial charge in [0.15, 0.2) is 8.46 Å². The third kappa shape index (κ3) is 2.41. The summed E-state index contributed by atoms with van der Waals surface area (Å²) in [6.07, 6.45) is 0.628. The average Bonchev–Trinajstić information content (AvgIpc) is 2.06. The Morgan fingerprint density at radius 3 is 2.91 bits per heavy atom. The summed E-state index contributed by atoms with van der Waals surface area (Å²) in [5.74, 6) is 0. The molecule has 0 aliphatic rings. The number of rotatable bonds is 3. The first-order valence-corrected chi connectivity index (χ1v) is 4.21. The van der Waals surface area contributed by atoms with Crippen LogP contribution < -0.4 is 5.30 Å². The summed E-state index contributed by atoms with van der Waals surface area (Å²) in [6.45, 7) is 0.138. The van der Waals surface area contributed by atoms with Gasteiger partial charge in [0.2, 0.25) is 0 Å². The highest BCUT2D eigenvalue weighted by atomic mass is 31.1. The summed E-state index contributed by atoms with van der Waals surface area (Å²) < 4.78 is 10.4. The molecule has 0 radical (unpaired) electrons. The van der Waals surface area contributed by atoms with Crippen LogP contribution in [0.15, 0.2) is 24.3 Å². The van der Waals surface area contributed by atoms with Crippen molar-refractivity contribution in [3.8, 4) is 0 Å². The van der Waals surface area contributed by atoms with Crippen molar-refractivity contribution in [3.63, 3.8) is 0 Å². The van der Waals surface area contributed by atoms with Crippen molar-refractivity contribution in [2.45, 2.75) is 6.42 Å². The van der Waals surface area contributed by atoms with E-state index in [0.717, 1.165) is 10.9 Å². The van der Waals surface area contributed by atoms with Crippen molar-refractivity contribution in [3.05, 3.63) is 29.8 Å². The predicted molar refractivity (Wildman–Crippen MR) is 44.5 cm³/mol. The summed E-state index contributed by atoms with van der Waals surface area (Å²) >= 11 is 0. The molecule has 0 fully saturated rings. The van der Waals surface area contributed by atoms with Crippen LogP contribution in [-0.2, 0) is 11.0 Å². The Bertz CT molecular complexity index is 248. The van der Waals surface area contributed by atoms with Gasteiger partial charge in [-0.1, -0.05) is 12.1 Å². The van der Waals surface area contributed by atoms with Gasteiger partial charge in [0.25, 0.3) is 0 Å². The molecule has 0 atom stereocenters. The summed E-state index contributed by atoms with van der Waals surface area (Å²) in [7, 11) is 0.0382. The highest BCUT2D eigenvalue weighted by molar-refractivity contribution is 7.34. The Morgan fingerprint density at radius 2 is 2.27 bits per heavy atom. The number of aliphatic hydroxyl groups excluding tert-OH is 1. The van der Waals surface area contributed by atoms with Crippen molar-refractivity contribution in [2.75, 3.05) is 6.61 Å². The molecule has 0 bridgehead atoms. The first-order chi connectivity index (χ1) is 5.36. The second kappa shape index (κ2) is 4.22. The zero-order valence-corrected chi connectivity index (χ0v) is 6.92. The van der Waals surface area contributed by atoms with Gasteiger partial charge in [-0.3, -0.25) is 4.57 Å². The van der Waals surface area contributed by atoms with E-state index in [1.165, 1.54) is 0 Å². The normalized spacial score (nSPS) is 10.3. The Kier molecular flexibility index (Phi) is 3.21. The molecule has 0 saturated carbocycles. The molecule has 1 rings (SSSR count). The molecule has 0 heterocycles. The van der Waals surface area contributed by atoms with E-state index in [-0.39, 0.29) is 15.1 Å². The molecule has 1 N–H and O–H groups in total. The van der Waals surface area contributed by atoms with E-state index < -0.39 is 0 Å². The zero-order valence-electron chi connectivity index (χ0n) is 6.03. The number of hydrogen-bond acceptors (Lipinski definition) is 2. The molecular formula is C8H9O2P. The standard InChI is InChI=1S/C8H9O2P/c9-5-4-7-2-1-3-8(6-7)11-10/h1-3,6,9H,4-5H2. The lowest BCUT2D eigenvalue weighted by Crippen LogP contribution is -1.96. The first kappa shape index (κ1) is 8.38. The summed E-state index contributed by atoms with van der Waals surface area (Å²) in [5.41, 5.74) is 1.02. The quantitative estimate of drug-likeness (QED) is 0.687. The highest BCUT2D eigenvalue weighted by Gasteiger charge is 1.93. The van der Waals surface area contributed by atoms with Gasteiger partial charge in [-0.05, 0) is 24.1 Å². The Balaban J connectivity index is 2.82. The predicted octanol–water partition coefficient (Wildman–Crippen LogP) is 1.14. The van der Waals surface area contributed by atoms with E-state index in [1.54, 1.807) is 6.07 Å². The molecule has 0 aliphatic carbocycles. The van der Waals surface area contributed by atoms with Gasteiger partial charge in [0, 0.05) is 11.9 Å². The Hall–Kier alpha value is -0.720. The largest absolute Gasteiger partial charge is 0.396 e. The molecule has 11 heavy (non-hydrogen) atoms. The fraction of sp³-hybridized carbons (Fsp3) is 0.250. The van der Waals surface area contributed by atoms with Gasteiger partial charge in [0.05, 0.1) is 0 Å². The molecule has 0 amide bonds. The van der Waals surface area contributed by atoms with Gasteiger partial charge in [0.1, 0.15) is 0 Å². The van der Waals surface area contributed by atoms with Crippen LogP contribution in [0.4, 0.5) is 0 Å². The number of aliphatic hydroxyl groups is 1. The molecule has 0 unspecified atom stereocenters. The zero-order chi connectivity index (χ0) is 8.10. The number of benzene rings is 1. The maximum absolute atomic E-state index is 10.4. The van der Waals surface area contributed by atoms with Crippen LogP contribution in [0.1, 0.15) is 5.56 Å². The molecule has 2 nitrogen and oxygen atoms in total. The molecule has 1 aromatic rings. The molecule has 3 heteroatoms. The van der Waals surface area contributed by atoms with Crippen molar-refractivity contribution in [1.82, 2.24) is 0 Å². The van der Waals surface area contributed by atoms with E-state index in [9.17, 15) is 4.57 Å². The van der Waals surface area contributed by atoms with Crippen molar-refractivity contribution < 1.29 is 9.67 Å². The van der Waals surface area contributed by atoms with E-state index in [1.807, 2.05) is 18.2 Å². The summed E-state index contributed by atoms with van der Waals surface area (Å²) in [5, 5.41) is 9.36. The van der Waals surface area contributed by atoms with Crippen LogP contribution >= 0.6 is 8.46 Å². The minimum Gasteiger partial charge on any atom is -0.396 e. The van der Waals surface area contributed by atoms with Crippen LogP contribution in [0.25, 0.3) is 0 Å². The second-order valence-electron chi connectivity index (χ2n) is 2.23. The van der Waals surface area contributed by atoms with Gasteiger partial charge in [-0.2, -0.15) is 0 Å². The van der Waals surface area contributed by atoms with Gasteiger partial charge in [-0.25, -0.2) is 0 Å². The molecule has 0 aliphatic heterocycles. The summed E-state index contributed by atoms with van der Waals surface area (Å²) in [6, 6.07) is 7.36. The lowest BCUT2D eigenvalue weighted by Gasteiger charge is -1.96. The topological polar surface area (TPSA) is 37.3 Å². The fourth-order valence-corrected chi connectivity index (χ4v) is 1.26. The molecular weight excluding hydrogens is 159 g/mol. The third-order valence-electron chi connectivity index (χ3n) is 1.42. The van der Waals surface area contributed by atoms with Crippen LogP contribution in [0, 0.1) is 0 Å². The van der Waals surface area contributed by atoms with Crippen molar-refractivity contribution >= 4 is 13.8 Å². The monoisotopic (exact) mass is 168 g/mol. The molecule has 0 aromatic heterocycles. The lowest BCUT2D eigenvalue weighted by atomic mass is 10.2. The second-order valence-corrected chi connectivity index (χ2v) is 2.93. The van der Waals surface area contributed by atoms with Crippen molar-refractivity contribution in [1.29, 1.82) is 0 Å². The third-order valence-corrected chi connectivity index (χ3v) is 1.91. The van der Waals surface area contributed by atoms with Crippen LogP contribution in [0.3, 0.4) is 0 Å². The lowest BCUT2D eigenvalue weighted by molar-refractivity contribution is 0.299. The molecule has 0 spiro atoms. The van der Waals surface area contributed by atoms with E-state index in [0.29, 0.717) is 6.42 Å². The number of hydrogen-bond donors (Lipinski definition) is 1. The SMILES string of the molecule is O=Pc1cccc(CCO)c1. The Morgan fingerprint density at radius 1 is 1.45 bits per heavy atom. The van der Waals surface area contributed by atoms with E-state index in [4.69, 9.17) is 5.11 Å². The fourth-order valence-electron chi connectivity index (χ4n) is 0.898. The van der Waals surface area contributed by atoms with E-state index in [2.05, 4.69) is 0 Å². The maximum Gasteiger partial charge on any atom is 0.192 e. The van der Waals surface area contributed by atoms with E-state index >= 15 is 0 Å². The minimum absolute atomic E-state index is 0.0382. The molecule has 58 valence electrons. The average molecular weight is 168 g/mol. The molecule has 0 saturated heterocycles.